The molecule has 4 aromatic rings. The molecular weight excluding hydrogens is 508 g/mol. The SMILES string of the molecule is CCC(CC)N1CCN(Cc2c(C(=O)N[C@@H](CC)c3ccccc3)c3ccccc3c(=O)n2-c2ccccc2)CC1. The van der Waals surface area contributed by atoms with E-state index in [0.717, 1.165) is 62.4 Å². The summed E-state index contributed by atoms with van der Waals surface area (Å²) in [6.07, 6.45) is 3.07. The van der Waals surface area contributed by atoms with E-state index in [4.69, 9.17) is 0 Å². The zero-order chi connectivity index (χ0) is 28.8. The summed E-state index contributed by atoms with van der Waals surface area (Å²) in [7, 11) is 0. The van der Waals surface area contributed by atoms with Gasteiger partial charge in [0.1, 0.15) is 0 Å². The van der Waals surface area contributed by atoms with Crippen molar-refractivity contribution < 1.29 is 4.79 Å². The zero-order valence-electron chi connectivity index (χ0n) is 24.6. The minimum atomic E-state index is -0.146. The van der Waals surface area contributed by atoms with E-state index in [0.29, 0.717) is 28.9 Å². The second-order valence-corrected chi connectivity index (χ2v) is 11.0. The van der Waals surface area contributed by atoms with Crippen molar-refractivity contribution in [3.63, 3.8) is 0 Å². The number of para-hydroxylation sites is 1. The van der Waals surface area contributed by atoms with Crippen LogP contribution in [0.5, 0.6) is 0 Å². The van der Waals surface area contributed by atoms with Crippen LogP contribution in [0, 0.1) is 0 Å². The molecule has 1 aromatic heterocycles. The first kappa shape index (κ1) is 28.8. The van der Waals surface area contributed by atoms with E-state index in [2.05, 4.69) is 48.0 Å². The Morgan fingerprint density at radius 3 is 1.95 bits per heavy atom. The highest BCUT2D eigenvalue weighted by atomic mass is 16.2. The number of amides is 1. The number of hydrogen-bond donors (Lipinski definition) is 1. The van der Waals surface area contributed by atoms with Crippen LogP contribution in [-0.2, 0) is 6.54 Å². The van der Waals surface area contributed by atoms with Gasteiger partial charge in [-0.1, -0.05) is 87.5 Å². The number of aromatic nitrogens is 1. The highest BCUT2D eigenvalue weighted by Crippen LogP contribution is 2.26. The maximum absolute atomic E-state index is 14.3. The molecule has 3 aromatic carbocycles. The Balaban J connectivity index is 1.61. The topological polar surface area (TPSA) is 57.6 Å². The summed E-state index contributed by atoms with van der Waals surface area (Å²) in [5.74, 6) is -0.146. The van der Waals surface area contributed by atoms with Crippen LogP contribution in [-0.4, -0.2) is 52.5 Å². The minimum absolute atomic E-state index is 0.0934. The van der Waals surface area contributed by atoms with Crippen molar-refractivity contribution in [2.75, 3.05) is 26.2 Å². The Bertz CT molecular complexity index is 1500. The standard InChI is InChI=1S/C35H42N4O2/c1-4-27(5-2)38-23-21-37(22-24-38)25-32-33(34(40)36-31(6-3)26-15-9-7-10-16-26)29-19-13-14-20-30(29)35(41)39(32)28-17-11-8-12-18-28/h7-20,27,31H,4-6,21-25H2,1-3H3,(H,36,40)/t31-/m0/s1. The average molecular weight is 551 g/mol. The third-order valence-corrected chi connectivity index (χ3v) is 8.58. The van der Waals surface area contributed by atoms with Gasteiger partial charge in [-0.2, -0.15) is 0 Å². The van der Waals surface area contributed by atoms with Crippen LogP contribution >= 0.6 is 0 Å². The maximum atomic E-state index is 14.3. The molecule has 1 fully saturated rings. The van der Waals surface area contributed by atoms with E-state index in [-0.39, 0.29) is 17.5 Å². The maximum Gasteiger partial charge on any atom is 0.263 e. The van der Waals surface area contributed by atoms with Gasteiger partial charge in [0, 0.05) is 55.2 Å². The third kappa shape index (κ3) is 6.14. The molecular formula is C35H42N4O2. The molecule has 2 heterocycles. The molecule has 1 aliphatic heterocycles. The Hall–Kier alpha value is -3.74. The molecule has 0 saturated carbocycles. The molecule has 0 spiro atoms. The van der Waals surface area contributed by atoms with Crippen LogP contribution < -0.4 is 10.9 Å². The van der Waals surface area contributed by atoms with E-state index in [9.17, 15) is 9.59 Å². The zero-order valence-corrected chi connectivity index (χ0v) is 24.6. The van der Waals surface area contributed by atoms with Crippen molar-refractivity contribution in [1.29, 1.82) is 0 Å². The van der Waals surface area contributed by atoms with Crippen molar-refractivity contribution in [3.05, 3.63) is 112 Å². The predicted molar refractivity (Wildman–Crippen MR) is 168 cm³/mol. The first-order valence-electron chi connectivity index (χ1n) is 15.1. The summed E-state index contributed by atoms with van der Waals surface area (Å²) >= 11 is 0. The van der Waals surface area contributed by atoms with Gasteiger partial charge in [0.05, 0.1) is 17.3 Å². The fraction of sp³-hybridized carbons (Fsp3) is 0.371. The molecule has 0 radical (unpaired) electrons. The summed E-state index contributed by atoms with van der Waals surface area (Å²) in [6.45, 7) is 10.9. The smallest absolute Gasteiger partial charge is 0.263 e. The second kappa shape index (κ2) is 13.3. The summed E-state index contributed by atoms with van der Waals surface area (Å²) < 4.78 is 1.77. The molecule has 0 bridgehead atoms. The number of nitrogens with zero attached hydrogens (tertiary/aromatic N) is 3. The second-order valence-electron chi connectivity index (χ2n) is 11.0. The molecule has 0 unspecified atom stereocenters. The van der Waals surface area contributed by atoms with Gasteiger partial charge in [-0.3, -0.25) is 24.0 Å². The molecule has 6 heteroatoms. The van der Waals surface area contributed by atoms with Gasteiger partial charge in [-0.25, -0.2) is 0 Å². The average Bonchev–Trinajstić information content (AvgIpc) is 3.02. The van der Waals surface area contributed by atoms with Gasteiger partial charge in [-0.15, -0.1) is 0 Å². The minimum Gasteiger partial charge on any atom is -0.345 e. The third-order valence-electron chi connectivity index (χ3n) is 8.58. The molecule has 41 heavy (non-hydrogen) atoms. The first-order chi connectivity index (χ1) is 20.0. The van der Waals surface area contributed by atoms with Crippen LogP contribution in [0.15, 0.2) is 89.7 Å². The van der Waals surface area contributed by atoms with Gasteiger partial charge < -0.3 is 5.32 Å². The molecule has 6 nitrogen and oxygen atoms in total. The molecule has 0 aliphatic carbocycles. The van der Waals surface area contributed by atoms with Crippen LogP contribution in [0.2, 0.25) is 0 Å². The lowest BCUT2D eigenvalue weighted by Crippen LogP contribution is -2.50. The molecule has 214 valence electrons. The van der Waals surface area contributed by atoms with Crippen molar-refractivity contribution in [2.45, 2.75) is 58.7 Å². The number of hydrogen-bond acceptors (Lipinski definition) is 4. The molecule has 1 amide bonds. The molecule has 1 saturated heterocycles. The summed E-state index contributed by atoms with van der Waals surface area (Å²) in [5, 5.41) is 4.58. The Kier molecular flexibility index (Phi) is 9.32. The molecule has 5 rings (SSSR count). The van der Waals surface area contributed by atoms with Crippen LogP contribution in [0.4, 0.5) is 0 Å². The van der Waals surface area contributed by atoms with Gasteiger partial charge in [-0.05, 0) is 43.0 Å². The Morgan fingerprint density at radius 2 is 1.34 bits per heavy atom. The molecule has 1 N–H and O–H groups in total. The van der Waals surface area contributed by atoms with E-state index in [1.54, 1.807) is 4.57 Å². The molecule has 1 aliphatic rings. The van der Waals surface area contributed by atoms with Crippen LogP contribution in [0.1, 0.15) is 67.7 Å². The summed E-state index contributed by atoms with van der Waals surface area (Å²) in [5.41, 5.74) is 3.09. The lowest BCUT2D eigenvalue weighted by Gasteiger charge is -2.39. The van der Waals surface area contributed by atoms with Crippen molar-refractivity contribution in [2.24, 2.45) is 0 Å². The fourth-order valence-corrected chi connectivity index (χ4v) is 6.29. The van der Waals surface area contributed by atoms with Gasteiger partial charge in [0.15, 0.2) is 0 Å². The monoisotopic (exact) mass is 550 g/mol. The molecule has 1 atom stereocenters. The predicted octanol–water partition coefficient (Wildman–Crippen LogP) is 6.18. The number of carbonyl (C=O) groups is 1. The van der Waals surface area contributed by atoms with Crippen molar-refractivity contribution in [3.8, 4) is 5.69 Å². The van der Waals surface area contributed by atoms with E-state index >= 15 is 0 Å². The van der Waals surface area contributed by atoms with Crippen molar-refractivity contribution >= 4 is 16.7 Å². The number of carbonyl (C=O) groups excluding carboxylic acids is 1. The lowest BCUT2D eigenvalue weighted by atomic mass is 9.99. The quantitative estimate of drug-likeness (QED) is 0.256. The van der Waals surface area contributed by atoms with E-state index in [1.807, 2.05) is 72.8 Å². The van der Waals surface area contributed by atoms with Crippen LogP contribution in [0.3, 0.4) is 0 Å². The highest BCUT2D eigenvalue weighted by molar-refractivity contribution is 6.08. The van der Waals surface area contributed by atoms with Crippen LogP contribution in [0.25, 0.3) is 16.5 Å². The Labute approximate surface area is 243 Å². The summed E-state index contributed by atoms with van der Waals surface area (Å²) in [4.78, 5) is 33.4. The lowest BCUT2D eigenvalue weighted by molar-refractivity contribution is 0.0856. The summed E-state index contributed by atoms with van der Waals surface area (Å²) in [6, 6.07) is 27.8. The number of rotatable bonds is 10. The van der Waals surface area contributed by atoms with E-state index in [1.165, 1.54) is 0 Å². The first-order valence-corrected chi connectivity index (χ1v) is 15.1. The number of fused-ring (bicyclic) bond motifs is 1. The highest BCUT2D eigenvalue weighted by Gasteiger charge is 2.28. The number of piperazine rings is 1. The fourth-order valence-electron chi connectivity index (χ4n) is 6.29. The number of nitrogens with one attached hydrogen (secondary N) is 1. The normalized spacial score (nSPS) is 15.3. The van der Waals surface area contributed by atoms with Gasteiger partial charge >= 0.3 is 0 Å². The largest absolute Gasteiger partial charge is 0.345 e. The van der Waals surface area contributed by atoms with Gasteiger partial charge in [0.25, 0.3) is 11.5 Å². The number of benzene rings is 3. The number of pyridine rings is 1. The van der Waals surface area contributed by atoms with Gasteiger partial charge in [0.2, 0.25) is 0 Å². The Morgan fingerprint density at radius 1 is 0.756 bits per heavy atom. The van der Waals surface area contributed by atoms with Crippen molar-refractivity contribution in [1.82, 2.24) is 19.7 Å². The van der Waals surface area contributed by atoms with E-state index < -0.39 is 0 Å².